The van der Waals surface area contributed by atoms with Gasteiger partial charge in [0.1, 0.15) is 0 Å². The van der Waals surface area contributed by atoms with E-state index in [1.54, 1.807) is 18.2 Å². The predicted molar refractivity (Wildman–Crippen MR) is 83.4 cm³/mol. The molecule has 0 aromatic heterocycles. The van der Waals surface area contributed by atoms with Crippen LogP contribution in [0.3, 0.4) is 0 Å². The van der Waals surface area contributed by atoms with Gasteiger partial charge in [0, 0.05) is 0 Å². The van der Waals surface area contributed by atoms with Gasteiger partial charge in [0.05, 0.1) is 17.0 Å². The molecule has 4 heteroatoms. The van der Waals surface area contributed by atoms with Crippen LogP contribution in [0, 0.1) is 6.92 Å². The van der Waals surface area contributed by atoms with Crippen LogP contribution in [0.5, 0.6) is 0 Å². The van der Waals surface area contributed by atoms with Gasteiger partial charge in [-0.3, -0.25) is 0 Å². The molecule has 3 rings (SSSR count). The third kappa shape index (κ3) is 2.41. The maximum Gasteiger partial charge on any atom is 0.244 e. The minimum Gasteiger partial charge on any atom is -0.207 e. The third-order valence-corrected chi connectivity index (χ3v) is 5.67. The Morgan fingerprint density at radius 3 is 2.24 bits per heavy atom. The first-order valence-electron chi connectivity index (χ1n) is 6.83. The van der Waals surface area contributed by atoms with E-state index < -0.39 is 10.0 Å². The summed E-state index contributed by atoms with van der Waals surface area (Å²) in [6, 6.07) is 16.3. The van der Waals surface area contributed by atoms with Crippen molar-refractivity contribution in [3.63, 3.8) is 0 Å². The summed E-state index contributed by atoms with van der Waals surface area (Å²) in [5, 5.41) is 0. The maximum atomic E-state index is 12.7. The van der Waals surface area contributed by atoms with Crippen LogP contribution in [0.15, 0.2) is 72.1 Å². The van der Waals surface area contributed by atoms with E-state index >= 15 is 0 Å². The molecule has 0 amide bonds. The van der Waals surface area contributed by atoms with Gasteiger partial charge in [0.15, 0.2) is 0 Å². The van der Waals surface area contributed by atoms with Gasteiger partial charge in [-0.2, -0.15) is 4.31 Å². The van der Waals surface area contributed by atoms with Crippen molar-refractivity contribution < 1.29 is 8.42 Å². The van der Waals surface area contributed by atoms with E-state index in [0.29, 0.717) is 4.90 Å². The van der Waals surface area contributed by atoms with E-state index in [0.717, 1.165) is 11.1 Å². The largest absolute Gasteiger partial charge is 0.244 e. The molecule has 0 N–H and O–H groups in total. The topological polar surface area (TPSA) is 37.1 Å². The molecule has 0 aliphatic carbocycles. The van der Waals surface area contributed by atoms with Crippen LogP contribution >= 0.6 is 0 Å². The molecule has 3 nitrogen and oxygen atoms in total. The first kappa shape index (κ1) is 14.0. The van der Waals surface area contributed by atoms with Crippen molar-refractivity contribution in [2.45, 2.75) is 23.9 Å². The van der Waals surface area contributed by atoms with Crippen LogP contribution in [0.4, 0.5) is 0 Å². The Morgan fingerprint density at radius 2 is 1.67 bits per heavy atom. The van der Waals surface area contributed by atoms with Gasteiger partial charge < -0.3 is 0 Å². The van der Waals surface area contributed by atoms with E-state index in [1.165, 1.54) is 4.31 Å². The fourth-order valence-electron chi connectivity index (χ4n) is 2.60. The van der Waals surface area contributed by atoms with Gasteiger partial charge in [-0.1, -0.05) is 54.1 Å². The Labute approximate surface area is 125 Å². The molecule has 0 saturated carbocycles. The van der Waals surface area contributed by atoms with Crippen molar-refractivity contribution in [1.82, 2.24) is 4.31 Å². The molecule has 1 unspecified atom stereocenters. The molecule has 1 saturated heterocycles. The Hall–Kier alpha value is -1.91. The summed E-state index contributed by atoms with van der Waals surface area (Å²) in [5.41, 5.74) is 2.04. The van der Waals surface area contributed by atoms with E-state index in [2.05, 4.69) is 6.58 Å². The van der Waals surface area contributed by atoms with Crippen LogP contribution in [0.2, 0.25) is 0 Å². The van der Waals surface area contributed by atoms with Crippen LogP contribution in [-0.2, 0) is 10.0 Å². The number of sulfonamides is 1. The first-order chi connectivity index (χ1) is 10.1. The standard InChI is InChI=1S/C17H17NO2S/c1-3-16-17(14-7-5-4-6-8-14)18(16)21(19,20)15-11-9-13(2)10-12-15/h3-12,16-17H,1H2,2H3/t16-,17-,18?/m1/s1. The zero-order valence-corrected chi connectivity index (χ0v) is 12.6. The van der Waals surface area contributed by atoms with Crippen molar-refractivity contribution in [2.24, 2.45) is 0 Å². The molecule has 2 aromatic rings. The lowest BCUT2D eigenvalue weighted by Crippen LogP contribution is -2.14. The molecular formula is C17H17NO2S. The van der Waals surface area contributed by atoms with Gasteiger partial charge in [-0.05, 0) is 24.6 Å². The van der Waals surface area contributed by atoms with Crippen LogP contribution in [-0.4, -0.2) is 18.8 Å². The van der Waals surface area contributed by atoms with E-state index in [-0.39, 0.29) is 12.1 Å². The SMILES string of the molecule is C=C[C@@H]1[C@@H](c2ccccc2)N1S(=O)(=O)c1ccc(C)cc1. The van der Waals surface area contributed by atoms with E-state index in [9.17, 15) is 8.42 Å². The summed E-state index contributed by atoms with van der Waals surface area (Å²) >= 11 is 0. The Morgan fingerprint density at radius 1 is 1.05 bits per heavy atom. The zero-order chi connectivity index (χ0) is 15.0. The van der Waals surface area contributed by atoms with Gasteiger partial charge in [-0.25, -0.2) is 8.42 Å². The van der Waals surface area contributed by atoms with Gasteiger partial charge in [0.2, 0.25) is 10.0 Å². The summed E-state index contributed by atoms with van der Waals surface area (Å²) in [4.78, 5) is 0.332. The predicted octanol–water partition coefficient (Wildman–Crippen LogP) is 3.30. The van der Waals surface area contributed by atoms with Crippen molar-refractivity contribution in [3.05, 3.63) is 78.4 Å². The average molecular weight is 299 g/mol. The molecule has 0 radical (unpaired) electrons. The second kappa shape index (κ2) is 5.13. The first-order valence-corrected chi connectivity index (χ1v) is 8.27. The summed E-state index contributed by atoms with van der Waals surface area (Å²) in [7, 11) is -3.48. The van der Waals surface area contributed by atoms with Crippen LogP contribution in [0.1, 0.15) is 17.2 Å². The lowest BCUT2D eigenvalue weighted by molar-refractivity contribution is 0.550. The second-order valence-electron chi connectivity index (χ2n) is 5.23. The number of benzene rings is 2. The minimum atomic E-state index is -3.48. The Bertz CT molecular complexity index is 751. The molecule has 0 spiro atoms. The highest BCUT2D eigenvalue weighted by atomic mass is 32.2. The monoisotopic (exact) mass is 299 g/mol. The summed E-state index contributed by atoms with van der Waals surface area (Å²) in [5.74, 6) is 0. The van der Waals surface area contributed by atoms with Crippen molar-refractivity contribution in [1.29, 1.82) is 0 Å². The molecule has 1 aliphatic heterocycles. The van der Waals surface area contributed by atoms with Crippen molar-refractivity contribution >= 4 is 10.0 Å². The van der Waals surface area contributed by atoms with Crippen molar-refractivity contribution in [3.8, 4) is 0 Å². The highest BCUT2D eigenvalue weighted by Crippen LogP contribution is 2.47. The molecule has 2 aromatic carbocycles. The number of nitrogens with zero attached hydrogens (tertiary/aromatic N) is 1. The molecule has 3 atom stereocenters. The van der Waals surface area contributed by atoms with Gasteiger partial charge >= 0.3 is 0 Å². The highest BCUT2D eigenvalue weighted by molar-refractivity contribution is 7.89. The van der Waals surface area contributed by atoms with Gasteiger partial charge in [0.25, 0.3) is 0 Å². The molecule has 1 aliphatic rings. The molecule has 1 fully saturated rings. The number of aryl methyl sites for hydroxylation is 1. The Kier molecular flexibility index (Phi) is 3.43. The number of hydrogen-bond acceptors (Lipinski definition) is 2. The quantitative estimate of drug-likeness (QED) is 0.641. The van der Waals surface area contributed by atoms with Crippen LogP contribution < -0.4 is 0 Å². The lowest BCUT2D eigenvalue weighted by atomic mass is 10.1. The second-order valence-corrected chi connectivity index (χ2v) is 7.07. The summed E-state index contributed by atoms with van der Waals surface area (Å²) in [6.07, 6.45) is 1.70. The minimum absolute atomic E-state index is 0.144. The number of hydrogen-bond donors (Lipinski definition) is 0. The summed E-state index contributed by atoms with van der Waals surface area (Å²) in [6.45, 7) is 5.70. The normalized spacial score (nSPS) is 24.5. The maximum absolute atomic E-state index is 12.7. The fourth-order valence-corrected chi connectivity index (χ4v) is 4.33. The van der Waals surface area contributed by atoms with Gasteiger partial charge in [-0.15, -0.1) is 6.58 Å². The molecule has 0 bridgehead atoms. The third-order valence-electron chi connectivity index (χ3n) is 3.78. The molecule has 1 heterocycles. The Balaban J connectivity index is 1.96. The lowest BCUT2D eigenvalue weighted by Gasteiger charge is -2.07. The average Bonchev–Trinajstić information content (AvgIpc) is 3.24. The summed E-state index contributed by atoms with van der Waals surface area (Å²) < 4.78 is 27.0. The molecule has 21 heavy (non-hydrogen) atoms. The number of rotatable bonds is 4. The smallest absolute Gasteiger partial charge is 0.207 e. The highest BCUT2D eigenvalue weighted by Gasteiger charge is 2.54. The van der Waals surface area contributed by atoms with E-state index in [4.69, 9.17) is 0 Å². The van der Waals surface area contributed by atoms with Crippen molar-refractivity contribution in [2.75, 3.05) is 0 Å². The van der Waals surface area contributed by atoms with E-state index in [1.807, 2.05) is 49.4 Å². The molecule has 108 valence electrons. The zero-order valence-electron chi connectivity index (χ0n) is 11.8. The fraction of sp³-hybridized carbons (Fsp3) is 0.176. The van der Waals surface area contributed by atoms with Crippen LogP contribution in [0.25, 0.3) is 0 Å². The molecular weight excluding hydrogens is 282 g/mol.